The maximum atomic E-state index is 12.9. The molecule has 0 spiro atoms. The normalized spacial score (nSPS) is 16.7. The maximum absolute atomic E-state index is 12.9. The van der Waals surface area contributed by atoms with Crippen molar-refractivity contribution in [2.75, 3.05) is 18.9 Å². The Morgan fingerprint density at radius 1 is 1.33 bits per heavy atom. The van der Waals surface area contributed by atoms with Gasteiger partial charge in [-0.05, 0) is 17.2 Å². The predicted molar refractivity (Wildman–Crippen MR) is 93.2 cm³/mol. The van der Waals surface area contributed by atoms with E-state index >= 15 is 0 Å². The first kappa shape index (κ1) is 14.9. The van der Waals surface area contributed by atoms with E-state index in [1.807, 2.05) is 34.0 Å². The molecular formula is C17H17N5OS. The van der Waals surface area contributed by atoms with Gasteiger partial charge in [0.05, 0.1) is 6.04 Å². The summed E-state index contributed by atoms with van der Waals surface area (Å²) >= 11 is 1.44. The summed E-state index contributed by atoms with van der Waals surface area (Å²) in [5.74, 6) is -0.0422. The molecule has 0 saturated carbocycles. The van der Waals surface area contributed by atoms with Crippen LogP contribution in [0.25, 0.3) is 0 Å². The lowest BCUT2D eigenvalue weighted by Gasteiger charge is -2.34. The number of anilines is 1. The number of hydrogen-bond acceptors (Lipinski definition) is 5. The largest absolute Gasteiger partial charge is 0.365 e. The van der Waals surface area contributed by atoms with Gasteiger partial charge in [-0.25, -0.2) is 4.98 Å². The van der Waals surface area contributed by atoms with E-state index in [2.05, 4.69) is 27.5 Å². The van der Waals surface area contributed by atoms with Crippen LogP contribution in [0.3, 0.4) is 0 Å². The molecule has 1 amide bonds. The van der Waals surface area contributed by atoms with E-state index in [-0.39, 0.29) is 11.9 Å². The van der Waals surface area contributed by atoms with Crippen molar-refractivity contribution in [3.05, 3.63) is 64.9 Å². The summed E-state index contributed by atoms with van der Waals surface area (Å²) in [4.78, 5) is 19.1. The van der Waals surface area contributed by atoms with Gasteiger partial charge in [0.25, 0.3) is 5.91 Å². The number of nitrogens with one attached hydrogen (secondary N) is 1. The highest BCUT2D eigenvalue weighted by atomic mass is 32.1. The van der Waals surface area contributed by atoms with Gasteiger partial charge in [-0.2, -0.15) is 5.10 Å². The van der Waals surface area contributed by atoms with Crippen LogP contribution < -0.4 is 5.32 Å². The minimum Gasteiger partial charge on any atom is -0.365 e. The van der Waals surface area contributed by atoms with Crippen molar-refractivity contribution in [1.82, 2.24) is 19.7 Å². The van der Waals surface area contributed by atoms with Crippen LogP contribution in [0.1, 0.15) is 27.7 Å². The Balaban J connectivity index is 1.68. The fraction of sp³-hybridized carbons (Fsp3) is 0.235. The van der Waals surface area contributed by atoms with Crippen LogP contribution in [-0.4, -0.2) is 39.2 Å². The third-order valence-electron chi connectivity index (χ3n) is 4.24. The minimum atomic E-state index is -0.0422. The van der Waals surface area contributed by atoms with Crippen LogP contribution in [0.15, 0.2) is 48.1 Å². The summed E-state index contributed by atoms with van der Waals surface area (Å²) in [5.41, 5.74) is 2.86. The highest BCUT2D eigenvalue weighted by molar-refractivity contribution is 7.13. The van der Waals surface area contributed by atoms with E-state index in [1.54, 1.807) is 18.6 Å². The molecule has 3 heterocycles. The number of fused-ring (bicyclic) bond motifs is 1. The standard InChI is InChI=1S/C17H17N5OS/c1-18-17-20-14(11-24-17)16(23)21-9-12-5-2-3-6-13(12)15(10-21)22-8-4-7-19-22/h2-8,11,15H,9-10H2,1H3,(H,18,20)/t15-/m1/s1. The number of thiazole rings is 1. The number of carbonyl (C=O) groups excluding carboxylic acids is 1. The van der Waals surface area contributed by atoms with E-state index in [4.69, 9.17) is 0 Å². The molecular weight excluding hydrogens is 322 g/mol. The molecule has 0 radical (unpaired) electrons. The summed E-state index contributed by atoms with van der Waals surface area (Å²) in [6.45, 7) is 1.18. The molecule has 122 valence electrons. The first-order valence-corrected chi connectivity index (χ1v) is 8.63. The van der Waals surface area contributed by atoms with Crippen molar-refractivity contribution in [2.24, 2.45) is 0 Å². The third-order valence-corrected chi connectivity index (χ3v) is 5.10. The average Bonchev–Trinajstić information content (AvgIpc) is 3.31. The number of aromatic nitrogens is 3. The average molecular weight is 339 g/mol. The van der Waals surface area contributed by atoms with Crippen LogP contribution in [0, 0.1) is 0 Å². The smallest absolute Gasteiger partial charge is 0.273 e. The van der Waals surface area contributed by atoms with Gasteiger partial charge in [0.2, 0.25) is 0 Å². The Morgan fingerprint density at radius 3 is 2.96 bits per heavy atom. The lowest BCUT2D eigenvalue weighted by molar-refractivity contribution is 0.0701. The van der Waals surface area contributed by atoms with E-state index in [0.29, 0.717) is 18.8 Å². The van der Waals surface area contributed by atoms with Crippen molar-refractivity contribution < 1.29 is 4.79 Å². The second-order valence-corrected chi connectivity index (χ2v) is 6.53. The molecule has 0 bridgehead atoms. The van der Waals surface area contributed by atoms with Crippen LogP contribution >= 0.6 is 11.3 Å². The first-order chi connectivity index (χ1) is 11.8. The highest BCUT2D eigenvalue weighted by Gasteiger charge is 2.30. The van der Waals surface area contributed by atoms with Gasteiger partial charge >= 0.3 is 0 Å². The molecule has 0 aliphatic carbocycles. The number of carbonyl (C=O) groups is 1. The molecule has 1 aromatic carbocycles. The van der Waals surface area contributed by atoms with E-state index in [0.717, 1.165) is 10.7 Å². The van der Waals surface area contributed by atoms with Crippen LogP contribution in [-0.2, 0) is 6.54 Å². The predicted octanol–water partition coefficient (Wildman–Crippen LogP) is 2.63. The molecule has 7 heteroatoms. The van der Waals surface area contributed by atoms with Crippen molar-refractivity contribution in [3.63, 3.8) is 0 Å². The molecule has 2 aromatic heterocycles. The second-order valence-electron chi connectivity index (χ2n) is 5.67. The molecule has 0 saturated heterocycles. The lowest BCUT2D eigenvalue weighted by Crippen LogP contribution is -2.40. The molecule has 6 nitrogen and oxygen atoms in total. The van der Waals surface area contributed by atoms with Gasteiger partial charge in [-0.1, -0.05) is 24.3 Å². The van der Waals surface area contributed by atoms with Crippen LogP contribution in [0.4, 0.5) is 5.13 Å². The zero-order chi connectivity index (χ0) is 16.5. The van der Waals surface area contributed by atoms with Crippen molar-refractivity contribution >= 4 is 22.4 Å². The molecule has 1 N–H and O–H groups in total. The number of nitrogens with zero attached hydrogens (tertiary/aromatic N) is 4. The molecule has 3 aromatic rings. The molecule has 0 fully saturated rings. The summed E-state index contributed by atoms with van der Waals surface area (Å²) in [5, 5.41) is 9.90. The van der Waals surface area contributed by atoms with Gasteiger partial charge in [-0.3, -0.25) is 9.48 Å². The SMILES string of the molecule is CNc1nc(C(=O)N2Cc3ccccc3[C@H](n3cccn3)C2)cs1. The fourth-order valence-electron chi connectivity index (χ4n) is 3.08. The van der Waals surface area contributed by atoms with Crippen molar-refractivity contribution in [2.45, 2.75) is 12.6 Å². The molecule has 4 rings (SSSR count). The Morgan fingerprint density at radius 2 is 2.21 bits per heavy atom. The molecule has 1 atom stereocenters. The van der Waals surface area contributed by atoms with Crippen LogP contribution in [0.5, 0.6) is 0 Å². The van der Waals surface area contributed by atoms with Gasteiger partial charge in [0.15, 0.2) is 5.13 Å². The first-order valence-electron chi connectivity index (χ1n) is 7.75. The molecule has 24 heavy (non-hydrogen) atoms. The molecule has 1 aliphatic rings. The van der Waals surface area contributed by atoms with Gasteiger partial charge < -0.3 is 10.2 Å². The number of hydrogen-bond donors (Lipinski definition) is 1. The zero-order valence-corrected chi connectivity index (χ0v) is 14.0. The number of amides is 1. The number of benzene rings is 1. The quantitative estimate of drug-likeness (QED) is 0.797. The summed E-state index contributed by atoms with van der Waals surface area (Å²) in [6.07, 6.45) is 3.71. The van der Waals surface area contributed by atoms with E-state index in [9.17, 15) is 4.79 Å². The topological polar surface area (TPSA) is 63.1 Å². The second kappa shape index (κ2) is 6.09. The summed E-state index contributed by atoms with van der Waals surface area (Å²) in [7, 11) is 1.80. The summed E-state index contributed by atoms with van der Waals surface area (Å²) in [6, 6.07) is 10.2. The Kier molecular flexibility index (Phi) is 3.78. The fourth-order valence-corrected chi connectivity index (χ4v) is 3.72. The van der Waals surface area contributed by atoms with Crippen molar-refractivity contribution in [1.29, 1.82) is 0 Å². The Bertz CT molecular complexity index is 858. The maximum Gasteiger partial charge on any atom is 0.273 e. The molecule has 1 aliphatic heterocycles. The monoisotopic (exact) mass is 339 g/mol. The van der Waals surface area contributed by atoms with Gasteiger partial charge in [-0.15, -0.1) is 11.3 Å². The Labute approximate surface area is 143 Å². The minimum absolute atomic E-state index is 0.0244. The Hall–Kier alpha value is -2.67. The van der Waals surface area contributed by atoms with Gasteiger partial charge in [0, 0.05) is 37.9 Å². The summed E-state index contributed by atoms with van der Waals surface area (Å²) < 4.78 is 1.92. The highest BCUT2D eigenvalue weighted by Crippen LogP contribution is 2.30. The molecule has 0 unspecified atom stereocenters. The van der Waals surface area contributed by atoms with Gasteiger partial charge in [0.1, 0.15) is 5.69 Å². The van der Waals surface area contributed by atoms with Crippen molar-refractivity contribution in [3.8, 4) is 0 Å². The number of rotatable bonds is 3. The van der Waals surface area contributed by atoms with Crippen LogP contribution in [0.2, 0.25) is 0 Å². The third kappa shape index (κ3) is 2.56. The van der Waals surface area contributed by atoms with E-state index < -0.39 is 0 Å². The van der Waals surface area contributed by atoms with E-state index in [1.165, 1.54) is 16.9 Å². The lowest BCUT2D eigenvalue weighted by atomic mass is 9.95. The zero-order valence-electron chi connectivity index (χ0n) is 13.2.